The zero-order chi connectivity index (χ0) is 13.4. The zero-order valence-corrected chi connectivity index (χ0v) is 12.9. The van der Waals surface area contributed by atoms with E-state index in [0.717, 1.165) is 39.7 Å². The van der Waals surface area contributed by atoms with Crippen LogP contribution < -0.4 is 5.73 Å². The summed E-state index contributed by atoms with van der Waals surface area (Å²) in [6.07, 6.45) is 7.81. The van der Waals surface area contributed by atoms with E-state index in [1.165, 1.54) is 32.1 Å². The van der Waals surface area contributed by atoms with Crippen molar-refractivity contribution in [1.29, 1.82) is 0 Å². The van der Waals surface area contributed by atoms with E-state index in [4.69, 9.17) is 10.7 Å². The van der Waals surface area contributed by atoms with Gasteiger partial charge in [0.05, 0.1) is 5.69 Å². The van der Waals surface area contributed by atoms with Gasteiger partial charge in [0.2, 0.25) is 0 Å². The number of rotatable bonds is 2. The minimum Gasteiger partial charge on any atom is -0.383 e. The number of halogens is 1. The highest BCUT2D eigenvalue weighted by Gasteiger charge is 2.19. The maximum Gasteiger partial charge on any atom is 0.138 e. The van der Waals surface area contributed by atoms with Crippen LogP contribution in [0.3, 0.4) is 0 Å². The van der Waals surface area contributed by atoms with Gasteiger partial charge in [-0.2, -0.15) is 0 Å². The van der Waals surface area contributed by atoms with Crippen molar-refractivity contribution in [2.75, 3.05) is 5.73 Å². The topological polar surface area (TPSA) is 43.3 Å². The number of imidazole rings is 1. The van der Waals surface area contributed by atoms with Crippen molar-refractivity contribution in [1.82, 2.24) is 9.38 Å². The van der Waals surface area contributed by atoms with Crippen molar-refractivity contribution in [2.45, 2.75) is 45.4 Å². The van der Waals surface area contributed by atoms with Gasteiger partial charge in [-0.25, -0.2) is 4.98 Å². The monoisotopic (exact) mass is 321 g/mol. The molecule has 19 heavy (non-hydrogen) atoms. The zero-order valence-electron chi connectivity index (χ0n) is 11.3. The molecule has 0 radical (unpaired) electrons. The molecule has 0 amide bonds. The molecule has 0 aromatic carbocycles. The Hall–Kier alpha value is -1.03. The van der Waals surface area contributed by atoms with E-state index < -0.39 is 0 Å². The maximum atomic E-state index is 6.31. The highest BCUT2D eigenvalue weighted by atomic mass is 79.9. The highest BCUT2D eigenvalue weighted by Crippen LogP contribution is 2.30. The van der Waals surface area contributed by atoms with Gasteiger partial charge in [0.15, 0.2) is 0 Å². The molecule has 0 aliphatic heterocycles. The molecular weight excluding hydrogens is 302 g/mol. The van der Waals surface area contributed by atoms with Crippen molar-refractivity contribution in [2.24, 2.45) is 5.92 Å². The molecule has 2 aromatic heterocycles. The molecule has 4 heteroatoms. The van der Waals surface area contributed by atoms with E-state index in [-0.39, 0.29) is 0 Å². The van der Waals surface area contributed by atoms with Crippen LogP contribution in [-0.2, 0) is 6.42 Å². The van der Waals surface area contributed by atoms with E-state index in [2.05, 4.69) is 27.3 Å². The number of aromatic nitrogens is 2. The molecule has 1 aliphatic rings. The molecule has 3 nitrogen and oxygen atoms in total. The molecule has 2 heterocycles. The van der Waals surface area contributed by atoms with Gasteiger partial charge >= 0.3 is 0 Å². The van der Waals surface area contributed by atoms with Gasteiger partial charge in [-0.05, 0) is 47.3 Å². The number of hydrogen-bond donors (Lipinski definition) is 1. The molecule has 1 saturated carbocycles. The number of nitrogens with zero attached hydrogens (tertiary/aromatic N) is 2. The van der Waals surface area contributed by atoms with Crippen LogP contribution in [0.2, 0.25) is 0 Å². The molecule has 0 spiro atoms. The number of anilines is 1. The number of fused-ring (bicyclic) bond motifs is 1. The Kier molecular flexibility index (Phi) is 3.52. The van der Waals surface area contributed by atoms with Gasteiger partial charge in [-0.15, -0.1) is 0 Å². The third-order valence-corrected chi connectivity index (χ3v) is 5.12. The van der Waals surface area contributed by atoms with Crippen molar-refractivity contribution >= 4 is 27.4 Å². The molecule has 1 aliphatic carbocycles. The summed E-state index contributed by atoms with van der Waals surface area (Å²) >= 11 is 3.55. The fraction of sp³-hybridized carbons (Fsp3) is 0.533. The molecule has 0 bridgehead atoms. The number of aryl methyl sites for hydroxylation is 1. The Bertz CT molecular complexity index is 597. The average Bonchev–Trinajstić information content (AvgIpc) is 2.73. The van der Waals surface area contributed by atoms with Gasteiger partial charge < -0.3 is 5.73 Å². The number of nitrogen functional groups attached to an aromatic ring is 1. The minimum atomic E-state index is 0.768. The quantitative estimate of drug-likeness (QED) is 0.904. The average molecular weight is 322 g/mol. The van der Waals surface area contributed by atoms with Crippen molar-refractivity contribution in [3.05, 3.63) is 28.0 Å². The fourth-order valence-corrected chi connectivity index (χ4v) is 3.46. The number of pyridine rings is 1. The Morgan fingerprint density at radius 1 is 1.32 bits per heavy atom. The lowest BCUT2D eigenvalue weighted by atomic mass is 9.86. The summed E-state index contributed by atoms with van der Waals surface area (Å²) in [6, 6.07) is 4.07. The molecule has 3 rings (SSSR count). The van der Waals surface area contributed by atoms with Gasteiger partial charge in [-0.1, -0.05) is 32.1 Å². The minimum absolute atomic E-state index is 0.768. The predicted molar refractivity (Wildman–Crippen MR) is 82.3 cm³/mol. The summed E-state index contributed by atoms with van der Waals surface area (Å²) in [7, 11) is 0. The van der Waals surface area contributed by atoms with E-state index in [1.54, 1.807) is 0 Å². The van der Waals surface area contributed by atoms with E-state index >= 15 is 0 Å². The number of hydrogen-bond acceptors (Lipinski definition) is 2. The first kappa shape index (κ1) is 13.0. The van der Waals surface area contributed by atoms with Gasteiger partial charge in [0.1, 0.15) is 11.5 Å². The van der Waals surface area contributed by atoms with Crippen LogP contribution in [0.15, 0.2) is 16.6 Å². The van der Waals surface area contributed by atoms with Gasteiger partial charge in [0, 0.05) is 10.2 Å². The molecule has 0 saturated heterocycles. The Morgan fingerprint density at radius 3 is 2.79 bits per heavy atom. The summed E-state index contributed by atoms with van der Waals surface area (Å²) < 4.78 is 3.13. The SMILES string of the molecule is Cc1c(Br)ccc2nc(CC3CCCCC3)c(N)n12. The summed E-state index contributed by atoms with van der Waals surface area (Å²) in [5.74, 6) is 1.59. The third-order valence-electron chi connectivity index (χ3n) is 4.28. The van der Waals surface area contributed by atoms with Crippen LogP contribution >= 0.6 is 15.9 Å². The molecule has 0 atom stereocenters. The molecule has 1 fully saturated rings. The van der Waals surface area contributed by atoms with E-state index in [1.807, 2.05) is 12.1 Å². The first-order valence-corrected chi connectivity index (χ1v) is 7.88. The highest BCUT2D eigenvalue weighted by molar-refractivity contribution is 9.10. The second kappa shape index (κ2) is 5.16. The normalized spacial score (nSPS) is 17.2. The third kappa shape index (κ3) is 2.38. The smallest absolute Gasteiger partial charge is 0.138 e. The van der Waals surface area contributed by atoms with Crippen molar-refractivity contribution < 1.29 is 0 Å². The van der Waals surface area contributed by atoms with E-state index in [0.29, 0.717) is 0 Å². The van der Waals surface area contributed by atoms with Crippen molar-refractivity contribution in [3.8, 4) is 0 Å². The summed E-state index contributed by atoms with van der Waals surface area (Å²) in [6.45, 7) is 2.07. The summed E-state index contributed by atoms with van der Waals surface area (Å²) in [5, 5.41) is 0. The van der Waals surface area contributed by atoms with Crippen LogP contribution in [0.25, 0.3) is 5.65 Å². The summed E-state index contributed by atoms with van der Waals surface area (Å²) in [5.41, 5.74) is 9.47. The van der Waals surface area contributed by atoms with Crippen molar-refractivity contribution in [3.63, 3.8) is 0 Å². The van der Waals surface area contributed by atoms with Crippen LogP contribution in [0.1, 0.15) is 43.5 Å². The number of nitrogens with two attached hydrogens (primary N) is 1. The van der Waals surface area contributed by atoms with Crippen LogP contribution in [0.4, 0.5) is 5.82 Å². The molecule has 2 aromatic rings. The Labute approximate surface area is 122 Å². The van der Waals surface area contributed by atoms with Gasteiger partial charge in [-0.3, -0.25) is 4.40 Å². The second-order valence-corrected chi connectivity index (χ2v) is 6.47. The maximum absolute atomic E-state index is 6.31. The first-order chi connectivity index (χ1) is 9.16. The van der Waals surface area contributed by atoms with Crippen LogP contribution in [0.5, 0.6) is 0 Å². The first-order valence-electron chi connectivity index (χ1n) is 7.08. The largest absolute Gasteiger partial charge is 0.383 e. The predicted octanol–water partition coefficient (Wildman–Crippen LogP) is 4.11. The van der Waals surface area contributed by atoms with Crippen LogP contribution in [-0.4, -0.2) is 9.38 Å². The lowest BCUT2D eigenvalue weighted by Gasteiger charge is -2.20. The molecule has 2 N–H and O–H groups in total. The van der Waals surface area contributed by atoms with E-state index in [9.17, 15) is 0 Å². The Balaban J connectivity index is 1.96. The van der Waals surface area contributed by atoms with Crippen LogP contribution in [0, 0.1) is 12.8 Å². The Morgan fingerprint density at radius 2 is 2.05 bits per heavy atom. The van der Waals surface area contributed by atoms with Gasteiger partial charge in [0.25, 0.3) is 0 Å². The lowest BCUT2D eigenvalue weighted by molar-refractivity contribution is 0.355. The molecular formula is C15H20BrN3. The lowest BCUT2D eigenvalue weighted by Crippen LogP contribution is -2.10. The second-order valence-electron chi connectivity index (χ2n) is 5.61. The standard InChI is InChI=1S/C15H20BrN3/c1-10-12(16)7-8-14-18-13(15(17)19(10)14)9-11-5-3-2-4-6-11/h7-8,11H,2-6,9,17H2,1H3. The molecule has 102 valence electrons. The molecule has 0 unspecified atom stereocenters. The summed E-state index contributed by atoms with van der Waals surface area (Å²) in [4.78, 5) is 4.73. The fourth-order valence-electron chi connectivity index (χ4n) is 3.15.